The Kier molecular flexibility index (Phi) is 7.50. The van der Waals surface area contributed by atoms with Gasteiger partial charge < -0.3 is 9.15 Å². The summed E-state index contributed by atoms with van der Waals surface area (Å²) in [5.74, 6) is 1.75. The number of fused-ring (bicyclic) bond motifs is 7. The van der Waals surface area contributed by atoms with E-state index in [0.717, 1.165) is 50.1 Å². The first kappa shape index (κ1) is 32.3. The summed E-state index contributed by atoms with van der Waals surface area (Å²) < 4.78 is 12.7. The first-order valence-electron chi connectivity index (χ1n) is 19.3. The highest BCUT2D eigenvalue weighted by molar-refractivity contribution is 6.06. The lowest BCUT2D eigenvalue weighted by Crippen LogP contribution is -2.01. The standard InChI is InChI=1S/C54H36O2/c1-34-29-35(23-26-41(34)45-18-9-11-21-51(45)55-40-14-3-2-4-15-40)36-24-27-44-43-17-7-8-20-48(43)54(50(44)31-36)49-32-39(30-38-13-5-6-16-42(38)49)37-25-28-47-46-19-10-12-22-52(46)56-53(47)33-37/h2-33,54H,1H3. The largest absolute Gasteiger partial charge is 0.457 e. The topological polar surface area (TPSA) is 22.4 Å². The van der Waals surface area contributed by atoms with Gasteiger partial charge in [0, 0.05) is 22.3 Å². The van der Waals surface area contributed by atoms with Crippen molar-refractivity contribution in [3.8, 4) is 56.0 Å². The third kappa shape index (κ3) is 5.33. The van der Waals surface area contributed by atoms with Crippen molar-refractivity contribution in [3.05, 3.63) is 216 Å². The van der Waals surface area contributed by atoms with Crippen LogP contribution in [0.4, 0.5) is 0 Å². The monoisotopic (exact) mass is 716 g/mol. The molecule has 2 heteroatoms. The van der Waals surface area contributed by atoms with Crippen molar-refractivity contribution in [2.24, 2.45) is 0 Å². The fraction of sp³-hybridized carbons (Fsp3) is 0.0370. The average molecular weight is 717 g/mol. The molecule has 0 aliphatic heterocycles. The molecular formula is C54H36O2. The molecule has 1 aliphatic rings. The van der Waals surface area contributed by atoms with Crippen LogP contribution < -0.4 is 4.74 Å². The molecule has 264 valence electrons. The summed E-state index contributed by atoms with van der Waals surface area (Å²) in [5, 5.41) is 4.80. The molecule has 1 heterocycles. The lowest BCUT2D eigenvalue weighted by atomic mass is 9.83. The highest BCUT2D eigenvalue weighted by Crippen LogP contribution is 2.51. The summed E-state index contributed by atoms with van der Waals surface area (Å²) in [4.78, 5) is 0. The molecule has 2 nitrogen and oxygen atoms in total. The Hall–Kier alpha value is -7.16. The minimum atomic E-state index is 0.0725. The van der Waals surface area contributed by atoms with E-state index in [-0.39, 0.29) is 5.92 Å². The smallest absolute Gasteiger partial charge is 0.136 e. The molecule has 1 atom stereocenters. The van der Waals surface area contributed by atoms with E-state index < -0.39 is 0 Å². The van der Waals surface area contributed by atoms with Crippen LogP contribution in [0, 0.1) is 6.92 Å². The number of benzene rings is 9. The van der Waals surface area contributed by atoms with Crippen molar-refractivity contribution in [2.75, 3.05) is 0 Å². The molecule has 0 spiro atoms. The van der Waals surface area contributed by atoms with Crippen LogP contribution in [0.2, 0.25) is 0 Å². The molecule has 0 fully saturated rings. The van der Waals surface area contributed by atoms with Crippen LogP contribution in [-0.2, 0) is 0 Å². The highest BCUT2D eigenvalue weighted by Gasteiger charge is 2.31. The van der Waals surface area contributed by atoms with Gasteiger partial charge in [-0.3, -0.25) is 0 Å². The Bertz CT molecular complexity index is 3130. The zero-order valence-electron chi connectivity index (χ0n) is 30.9. The minimum absolute atomic E-state index is 0.0725. The zero-order valence-corrected chi connectivity index (χ0v) is 30.9. The molecule has 56 heavy (non-hydrogen) atoms. The Labute approximate surface area is 325 Å². The third-order valence-corrected chi connectivity index (χ3v) is 11.5. The number of hydrogen-bond acceptors (Lipinski definition) is 2. The molecule has 0 saturated carbocycles. The van der Waals surface area contributed by atoms with Crippen molar-refractivity contribution in [1.29, 1.82) is 0 Å². The van der Waals surface area contributed by atoms with Gasteiger partial charge in [-0.2, -0.15) is 0 Å². The number of ether oxygens (including phenoxy) is 1. The quantitative estimate of drug-likeness (QED) is 0.171. The van der Waals surface area contributed by atoms with Gasteiger partial charge in [-0.1, -0.05) is 140 Å². The Morgan fingerprint density at radius 2 is 1.02 bits per heavy atom. The zero-order chi connectivity index (χ0) is 37.2. The predicted molar refractivity (Wildman–Crippen MR) is 232 cm³/mol. The average Bonchev–Trinajstić information content (AvgIpc) is 3.79. The van der Waals surface area contributed by atoms with Crippen LogP contribution in [0.25, 0.3) is 77.2 Å². The summed E-state index contributed by atoms with van der Waals surface area (Å²) >= 11 is 0. The first-order chi connectivity index (χ1) is 27.7. The molecule has 0 N–H and O–H groups in total. The SMILES string of the molecule is Cc1cc(-c2ccc3c(c2)C(c2cc(-c4ccc5c(c4)oc4ccccc45)cc4ccccc24)c2ccccc2-3)ccc1-c1ccccc1Oc1ccccc1. The number of para-hydroxylation sites is 3. The second kappa shape index (κ2) is 13.0. The van der Waals surface area contributed by atoms with Gasteiger partial charge >= 0.3 is 0 Å². The van der Waals surface area contributed by atoms with Gasteiger partial charge in [0.2, 0.25) is 0 Å². The molecule has 0 radical (unpaired) electrons. The molecule has 10 aromatic rings. The highest BCUT2D eigenvalue weighted by atomic mass is 16.5. The van der Waals surface area contributed by atoms with Gasteiger partial charge in [-0.05, 0) is 133 Å². The molecule has 0 amide bonds. The van der Waals surface area contributed by atoms with Crippen LogP contribution in [0.15, 0.2) is 199 Å². The lowest BCUT2D eigenvalue weighted by Gasteiger charge is -2.20. The maximum atomic E-state index is 6.36. The fourth-order valence-electron chi connectivity index (χ4n) is 8.91. The first-order valence-corrected chi connectivity index (χ1v) is 19.3. The second-order valence-electron chi connectivity index (χ2n) is 14.9. The van der Waals surface area contributed by atoms with Gasteiger partial charge in [0.05, 0.1) is 0 Å². The van der Waals surface area contributed by atoms with E-state index in [9.17, 15) is 0 Å². The van der Waals surface area contributed by atoms with Gasteiger partial charge in [0.1, 0.15) is 22.7 Å². The van der Waals surface area contributed by atoms with Crippen molar-refractivity contribution in [2.45, 2.75) is 12.8 Å². The van der Waals surface area contributed by atoms with Crippen molar-refractivity contribution in [3.63, 3.8) is 0 Å². The molecule has 1 aliphatic carbocycles. The van der Waals surface area contributed by atoms with Gasteiger partial charge in [0.25, 0.3) is 0 Å². The van der Waals surface area contributed by atoms with E-state index in [0.29, 0.717) is 0 Å². The van der Waals surface area contributed by atoms with Crippen molar-refractivity contribution >= 4 is 32.7 Å². The van der Waals surface area contributed by atoms with E-state index in [1.54, 1.807) is 0 Å². The van der Waals surface area contributed by atoms with Crippen molar-refractivity contribution in [1.82, 2.24) is 0 Å². The number of aryl methyl sites for hydroxylation is 1. The molecule has 1 aromatic heterocycles. The van der Waals surface area contributed by atoms with Crippen LogP contribution in [-0.4, -0.2) is 0 Å². The molecule has 9 aromatic carbocycles. The molecule has 0 saturated heterocycles. The van der Waals surface area contributed by atoms with Gasteiger partial charge in [-0.25, -0.2) is 0 Å². The van der Waals surface area contributed by atoms with Crippen LogP contribution in [0.3, 0.4) is 0 Å². The van der Waals surface area contributed by atoms with Crippen LogP contribution >= 0.6 is 0 Å². The molecular weight excluding hydrogens is 681 g/mol. The summed E-state index contributed by atoms with van der Waals surface area (Å²) in [7, 11) is 0. The number of hydrogen-bond donors (Lipinski definition) is 0. The summed E-state index contributed by atoms with van der Waals surface area (Å²) in [5.41, 5.74) is 16.6. The maximum Gasteiger partial charge on any atom is 0.136 e. The van der Waals surface area contributed by atoms with Gasteiger partial charge in [-0.15, -0.1) is 0 Å². The van der Waals surface area contributed by atoms with E-state index >= 15 is 0 Å². The third-order valence-electron chi connectivity index (χ3n) is 11.5. The van der Waals surface area contributed by atoms with Crippen molar-refractivity contribution < 1.29 is 9.15 Å². The lowest BCUT2D eigenvalue weighted by molar-refractivity contribution is 0.484. The Morgan fingerprint density at radius 3 is 1.89 bits per heavy atom. The Morgan fingerprint density at radius 1 is 0.393 bits per heavy atom. The minimum Gasteiger partial charge on any atom is -0.457 e. The number of rotatable bonds is 6. The van der Waals surface area contributed by atoms with E-state index in [1.807, 2.05) is 54.6 Å². The van der Waals surface area contributed by atoms with Gasteiger partial charge in [0.15, 0.2) is 0 Å². The summed E-state index contributed by atoms with van der Waals surface area (Å²) in [6, 6.07) is 69.6. The predicted octanol–water partition coefficient (Wildman–Crippen LogP) is 15.0. The van der Waals surface area contributed by atoms with E-state index in [4.69, 9.17) is 9.15 Å². The molecule has 11 rings (SSSR count). The summed E-state index contributed by atoms with van der Waals surface area (Å²) in [6.45, 7) is 2.20. The summed E-state index contributed by atoms with van der Waals surface area (Å²) in [6.07, 6.45) is 0. The van der Waals surface area contributed by atoms with E-state index in [2.05, 4.69) is 146 Å². The molecule has 0 bridgehead atoms. The van der Waals surface area contributed by atoms with E-state index in [1.165, 1.54) is 60.8 Å². The molecule has 1 unspecified atom stereocenters. The second-order valence-corrected chi connectivity index (χ2v) is 14.9. The normalized spacial score (nSPS) is 13.3. The Balaban J connectivity index is 1.02. The maximum absolute atomic E-state index is 6.36. The number of furan rings is 1. The van der Waals surface area contributed by atoms with Crippen LogP contribution in [0.1, 0.15) is 28.2 Å². The fourth-order valence-corrected chi connectivity index (χ4v) is 8.91. The van der Waals surface area contributed by atoms with Crippen LogP contribution in [0.5, 0.6) is 11.5 Å².